The highest BCUT2D eigenvalue weighted by Gasteiger charge is 2.15. The van der Waals surface area contributed by atoms with Gasteiger partial charge >= 0.3 is 6.03 Å². The molecular formula is C18H24Cl2N4O3. The molecule has 0 spiro atoms. The first kappa shape index (κ1) is 21.3. The Kier molecular flexibility index (Phi) is 8.67. The van der Waals surface area contributed by atoms with Crippen molar-refractivity contribution in [3.8, 4) is 0 Å². The van der Waals surface area contributed by atoms with E-state index in [-0.39, 0.29) is 35.0 Å². The van der Waals surface area contributed by atoms with E-state index in [1.807, 2.05) is 0 Å². The standard InChI is InChI=1S/C18H24Cl2N4O3/c19-12-8-9-15(20)14(11-12)17(26)24-23-16(25)7-4-10-21-18(27)22-13-5-2-1-3-6-13/h8-9,11,13H,1-7,10H2,(H,23,25)(H,24,26)(H2,21,22,27). The average Bonchev–Trinajstić information content (AvgIpc) is 2.66. The van der Waals surface area contributed by atoms with Crippen molar-refractivity contribution >= 4 is 41.0 Å². The van der Waals surface area contributed by atoms with Crippen LogP contribution in [0.25, 0.3) is 0 Å². The number of hydrazine groups is 1. The fraction of sp³-hybridized carbons (Fsp3) is 0.500. The second-order valence-corrected chi connectivity index (χ2v) is 7.31. The summed E-state index contributed by atoms with van der Waals surface area (Å²) in [5, 5.41) is 6.29. The minimum atomic E-state index is -0.555. The summed E-state index contributed by atoms with van der Waals surface area (Å²) in [7, 11) is 0. The van der Waals surface area contributed by atoms with Crippen LogP contribution in [0.2, 0.25) is 10.0 Å². The Labute approximate surface area is 168 Å². The molecule has 0 atom stereocenters. The van der Waals surface area contributed by atoms with E-state index in [9.17, 15) is 14.4 Å². The molecule has 4 N–H and O–H groups in total. The van der Waals surface area contributed by atoms with Crippen LogP contribution in [0.3, 0.4) is 0 Å². The van der Waals surface area contributed by atoms with Crippen molar-refractivity contribution in [2.24, 2.45) is 0 Å². The Bertz CT molecular complexity index is 679. The molecule has 1 aliphatic rings. The minimum Gasteiger partial charge on any atom is -0.338 e. The lowest BCUT2D eigenvalue weighted by Gasteiger charge is -2.22. The fourth-order valence-electron chi connectivity index (χ4n) is 2.86. The number of hydrogen-bond donors (Lipinski definition) is 4. The number of carbonyl (C=O) groups excluding carboxylic acids is 3. The van der Waals surface area contributed by atoms with Gasteiger partial charge in [-0.2, -0.15) is 0 Å². The monoisotopic (exact) mass is 414 g/mol. The number of carbonyl (C=O) groups is 3. The Morgan fingerprint density at radius 2 is 1.78 bits per heavy atom. The maximum absolute atomic E-state index is 12.0. The fourth-order valence-corrected chi connectivity index (χ4v) is 3.24. The van der Waals surface area contributed by atoms with Gasteiger partial charge in [0.15, 0.2) is 0 Å². The Hall–Kier alpha value is -1.99. The third-order valence-corrected chi connectivity index (χ3v) is 4.86. The zero-order valence-electron chi connectivity index (χ0n) is 14.9. The predicted octanol–water partition coefficient (Wildman–Crippen LogP) is 3.17. The van der Waals surface area contributed by atoms with Crippen LogP contribution in [-0.4, -0.2) is 30.4 Å². The number of nitrogens with one attached hydrogen (secondary N) is 4. The number of halogens is 2. The van der Waals surface area contributed by atoms with E-state index < -0.39 is 5.91 Å². The van der Waals surface area contributed by atoms with Crippen molar-refractivity contribution in [1.82, 2.24) is 21.5 Å². The highest BCUT2D eigenvalue weighted by Crippen LogP contribution is 2.20. The summed E-state index contributed by atoms with van der Waals surface area (Å²) in [6.07, 6.45) is 6.19. The van der Waals surface area contributed by atoms with E-state index in [1.165, 1.54) is 18.6 Å². The largest absolute Gasteiger partial charge is 0.338 e. The van der Waals surface area contributed by atoms with Crippen LogP contribution < -0.4 is 21.5 Å². The third kappa shape index (κ3) is 7.64. The van der Waals surface area contributed by atoms with Gasteiger partial charge in [-0.15, -0.1) is 0 Å². The van der Waals surface area contributed by atoms with Gasteiger partial charge in [0.05, 0.1) is 10.6 Å². The highest BCUT2D eigenvalue weighted by molar-refractivity contribution is 6.35. The van der Waals surface area contributed by atoms with E-state index in [2.05, 4.69) is 21.5 Å². The summed E-state index contributed by atoms with van der Waals surface area (Å²) in [6.45, 7) is 0.375. The number of benzene rings is 1. The van der Waals surface area contributed by atoms with Crippen molar-refractivity contribution in [2.45, 2.75) is 51.0 Å². The molecule has 0 unspecified atom stereocenters. The molecule has 0 heterocycles. The topological polar surface area (TPSA) is 99.3 Å². The van der Waals surface area contributed by atoms with Crippen LogP contribution in [0.4, 0.5) is 4.79 Å². The predicted molar refractivity (Wildman–Crippen MR) is 105 cm³/mol. The lowest BCUT2D eigenvalue weighted by molar-refractivity contribution is -0.121. The summed E-state index contributed by atoms with van der Waals surface area (Å²) >= 11 is 11.8. The molecule has 7 nitrogen and oxygen atoms in total. The van der Waals surface area contributed by atoms with E-state index in [0.29, 0.717) is 18.0 Å². The number of hydrogen-bond acceptors (Lipinski definition) is 3. The van der Waals surface area contributed by atoms with Gasteiger partial charge in [-0.3, -0.25) is 20.4 Å². The quantitative estimate of drug-likeness (QED) is 0.424. The molecule has 0 radical (unpaired) electrons. The Balaban J connectivity index is 1.59. The summed E-state index contributed by atoms with van der Waals surface area (Å²) in [6, 6.07) is 4.53. The molecule has 1 aromatic rings. The van der Waals surface area contributed by atoms with Gasteiger partial charge in [0.1, 0.15) is 0 Å². The normalized spacial score (nSPS) is 14.3. The molecular weight excluding hydrogens is 391 g/mol. The summed E-state index contributed by atoms with van der Waals surface area (Å²) in [5.41, 5.74) is 4.77. The minimum absolute atomic E-state index is 0.160. The van der Waals surface area contributed by atoms with Gasteiger partial charge in [0.25, 0.3) is 5.91 Å². The second-order valence-electron chi connectivity index (χ2n) is 6.47. The van der Waals surface area contributed by atoms with Crippen LogP contribution in [0.15, 0.2) is 18.2 Å². The molecule has 0 bridgehead atoms. The smallest absolute Gasteiger partial charge is 0.315 e. The lowest BCUT2D eigenvalue weighted by Crippen LogP contribution is -2.44. The first-order valence-corrected chi connectivity index (χ1v) is 9.80. The van der Waals surface area contributed by atoms with Crippen molar-refractivity contribution in [2.75, 3.05) is 6.54 Å². The molecule has 0 aliphatic heterocycles. The van der Waals surface area contributed by atoms with E-state index in [0.717, 1.165) is 25.7 Å². The van der Waals surface area contributed by atoms with Gasteiger partial charge in [0, 0.05) is 24.0 Å². The Morgan fingerprint density at radius 3 is 2.52 bits per heavy atom. The average molecular weight is 415 g/mol. The van der Waals surface area contributed by atoms with Crippen molar-refractivity contribution in [3.63, 3.8) is 0 Å². The molecule has 1 fully saturated rings. The first-order chi connectivity index (χ1) is 13.0. The summed E-state index contributed by atoms with van der Waals surface area (Å²) in [4.78, 5) is 35.6. The van der Waals surface area contributed by atoms with Crippen molar-refractivity contribution in [1.29, 1.82) is 0 Å². The molecule has 27 heavy (non-hydrogen) atoms. The second kappa shape index (κ2) is 11.0. The van der Waals surface area contributed by atoms with E-state index >= 15 is 0 Å². The SMILES string of the molecule is O=C(CCCNC(=O)NC1CCCCC1)NNC(=O)c1cc(Cl)ccc1Cl. The zero-order valence-corrected chi connectivity index (χ0v) is 16.5. The van der Waals surface area contributed by atoms with Crippen LogP contribution in [-0.2, 0) is 4.79 Å². The number of amides is 4. The zero-order chi connectivity index (χ0) is 19.6. The van der Waals surface area contributed by atoms with Crippen LogP contribution in [0.1, 0.15) is 55.3 Å². The van der Waals surface area contributed by atoms with Crippen molar-refractivity contribution in [3.05, 3.63) is 33.8 Å². The highest BCUT2D eigenvalue weighted by atomic mass is 35.5. The van der Waals surface area contributed by atoms with Gasteiger partial charge in [-0.25, -0.2) is 4.79 Å². The third-order valence-electron chi connectivity index (χ3n) is 4.30. The molecule has 1 aromatic carbocycles. The number of rotatable bonds is 6. The summed E-state index contributed by atoms with van der Waals surface area (Å²) in [5.74, 6) is -0.920. The van der Waals surface area contributed by atoms with Crippen molar-refractivity contribution < 1.29 is 14.4 Å². The van der Waals surface area contributed by atoms with E-state index in [4.69, 9.17) is 23.2 Å². The molecule has 0 aromatic heterocycles. The van der Waals surface area contributed by atoms with Crippen LogP contribution in [0.5, 0.6) is 0 Å². The first-order valence-electron chi connectivity index (χ1n) is 9.04. The Morgan fingerprint density at radius 1 is 1.04 bits per heavy atom. The molecule has 1 saturated carbocycles. The molecule has 4 amide bonds. The van der Waals surface area contributed by atoms with E-state index in [1.54, 1.807) is 6.07 Å². The van der Waals surface area contributed by atoms with Crippen LogP contribution in [0, 0.1) is 0 Å². The lowest BCUT2D eigenvalue weighted by atomic mass is 9.96. The molecule has 0 saturated heterocycles. The van der Waals surface area contributed by atoms with Crippen LogP contribution >= 0.6 is 23.2 Å². The maximum Gasteiger partial charge on any atom is 0.315 e. The molecule has 148 valence electrons. The van der Waals surface area contributed by atoms with Gasteiger partial charge in [0.2, 0.25) is 5.91 Å². The van der Waals surface area contributed by atoms with Gasteiger partial charge in [-0.1, -0.05) is 42.5 Å². The molecule has 9 heteroatoms. The number of urea groups is 1. The van der Waals surface area contributed by atoms with Gasteiger partial charge in [-0.05, 0) is 37.5 Å². The van der Waals surface area contributed by atoms with Gasteiger partial charge < -0.3 is 10.6 Å². The summed E-state index contributed by atoms with van der Waals surface area (Å²) < 4.78 is 0. The maximum atomic E-state index is 12.0. The molecule has 2 rings (SSSR count). The molecule has 1 aliphatic carbocycles.